The van der Waals surface area contributed by atoms with E-state index in [1.807, 2.05) is 19.9 Å². The van der Waals surface area contributed by atoms with Crippen LogP contribution in [-0.4, -0.2) is 31.7 Å². The van der Waals surface area contributed by atoms with E-state index in [0.29, 0.717) is 11.8 Å². The molecule has 0 radical (unpaired) electrons. The second kappa shape index (κ2) is 6.65. The van der Waals surface area contributed by atoms with Crippen LogP contribution in [-0.2, 0) is 4.79 Å². The van der Waals surface area contributed by atoms with Gasteiger partial charge in [-0.3, -0.25) is 4.79 Å². The minimum atomic E-state index is -0.303. The first-order valence-electron chi connectivity index (χ1n) is 7.34. The number of amides is 1. The molecule has 0 saturated carbocycles. The Hall–Kier alpha value is -2.28. The van der Waals surface area contributed by atoms with Crippen molar-refractivity contribution in [3.05, 3.63) is 30.2 Å². The number of rotatable bonds is 5. The van der Waals surface area contributed by atoms with E-state index in [4.69, 9.17) is 5.73 Å². The highest BCUT2D eigenvalue weighted by Gasteiger charge is 2.21. The van der Waals surface area contributed by atoms with Crippen LogP contribution in [0.3, 0.4) is 0 Å². The quantitative estimate of drug-likeness (QED) is 0.876. The summed E-state index contributed by atoms with van der Waals surface area (Å²) >= 11 is 0. The Labute approximate surface area is 130 Å². The van der Waals surface area contributed by atoms with Crippen molar-refractivity contribution in [3.63, 3.8) is 0 Å². The van der Waals surface area contributed by atoms with E-state index >= 15 is 0 Å². The molecule has 3 N–H and O–H groups in total. The monoisotopic (exact) mass is 302 g/mol. The Bertz CT molecular complexity index is 635. The standard InChI is InChI=1S/C15H22N6O/c1-9(2)12-8-13(19-14(22)10(3)11(4)16)21(20-12)15-17-6-5-7-18-15/h5-11H,16H2,1-4H3,(H,19,22). The van der Waals surface area contributed by atoms with Crippen LogP contribution < -0.4 is 11.1 Å². The van der Waals surface area contributed by atoms with Crippen LogP contribution in [0.25, 0.3) is 5.95 Å². The molecular weight excluding hydrogens is 280 g/mol. The summed E-state index contributed by atoms with van der Waals surface area (Å²) < 4.78 is 1.54. The second-order valence-electron chi connectivity index (χ2n) is 5.71. The summed E-state index contributed by atoms with van der Waals surface area (Å²) in [5.74, 6) is 0.738. The fraction of sp³-hybridized carbons (Fsp3) is 0.467. The number of nitrogens with zero attached hydrogens (tertiary/aromatic N) is 4. The molecule has 0 saturated heterocycles. The van der Waals surface area contributed by atoms with Crippen molar-refractivity contribution in [2.75, 3.05) is 5.32 Å². The van der Waals surface area contributed by atoms with Gasteiger partial charge in [0.1, 0.15) is 5.82 Å². The van der Waals surface area contributed by atoms with Gasteiger partial charge in [0, 0.05) is 24.5 Å². The molecule has 7 heteroatoms. The maximum absolute atomic E-state index is 12.2. The summed E-state index contributed by atoms with van der Waals surface area (Å²) in [4.78, 5) is 20.6. The first-order chi connectivity index (χ1) is 10.4. The lowest BCUT2D eigenvalue weighted by atomic mass is 10.0. The Kier molecular flexibility index (Phi) is 4.87. The van der Waals surface area contributed by atoms with Crippen LogP contribution in [0.5, 0.6) is 0 Å². The molecule has 2 rings (SSSR count). The van der Waals surface area contributed by atoms with E-state index in [1.54, 1.807) is 37.0 Å². The number of hydrogen-bond acceptors (Lipinski definition) is 5. The van der Waals surface area contributed by atoms with Gasteiger partial charge in [-0.1, -0.05) is 20.8 Å². The highest BCUT2D eigenvalue weighted by atomic mass is 16.2. The van der Waals surface area contributed by atoms with Crippen LogP contribution in [0.4, 0.5) is 5.82 Å². The predicted molar refractivity (Wildman–Crippen MR) is 84.7 cm³/mol. The van der Waals surface area contributed by atoms with Crippen molar-refractivity contribution in [3.8, 4) is 5.95 Å². The van der Waals surface area contributed by atoms with Crippen LogP contribution in [0.15, 0.2) is 24.5 Å². The Morgan fingerprint density at radius 3 is 2.41 bits per heavy atom. The molecule has 2 atom stereocenters. The molecule has 2 unspecified atom stereocenters. The van der Waals surface area contributed by atoms with Crippen molar-refractivity contribution in [1.82, 2.24) is 19.7 Å². The first kappa shape index (κ1) is 16.1. The van der Waals surface area contributed by atoms with Gasteiger partial charge in [0.05, 0.1) is 11.6 Å². The van der Waals surface area contributed by atoms with Gasteiger partial charge < -0.3 is 11.1 Å². The van der Waals surface area contributed by atoms with Crippen molar-refractivity contribution >= 4 is 11.7 Å². The van der Waals surface area contributed by atoms with Crippen molar-refractivity contribution in [1.29, 1.82) is 0 Å². The van der Waals surface area contributed by atoms with Crippen molar-refractivity contribution in [2.45, 2.75) is 39.7 Å². The number of hydrogen-bond donors (Lipinski definition) is 2. The number of anilines is 1. The van der Waals surface area contributed by atoms with E-state index in [-0.39, 0.29) is 23.8 Å². The Morgan fingerprint density at radius 1 is 1.23 bits per heavy atom. The minimum Gasteiger partial charge on any atom is -0.327 e. The van der Waals surface area contributed by atoms with Crippen molar-refractivity contribution in [2.24, 2.45) is 11.7 Å². The molecular formula is C15H22N6O. The molecule has 2 aromatic heterocycles. The van der Waals surface area contributed by atoms with Crippen LogP contribution in [0.2, 0.25) is 0 Å². The van der Waals surface area contributed by atoms with Crippen LogP contribution in [0, 0.1) is 5.92 Å². The summed E-state index contributed by atoms with van der Waals surface area (Å²) in [6.45, 7) is 7.67. The normalized spacial score (nSPS) is 13.9. The summed E-state index contributed by atoms with van der Waals surface area (Å²) in [5.41, 5.74) is 6.64. The zero-order chi connectivity index (χ0) is 16.3. The third-order valence-electron chi connectivity index (χ3n) is 3.51. The molecule has 0 aliphatic heterocycles. The number of carbonyl (C=O) groups excluding carboxylic acids is 1. The maximum Gasteiger partial charge on any atom is 0.252 e. The van der Waals surface area contributed by atoms with E-state index in [9.17, 15) is 4.79 Å². The molecule has 7 nitrogen and oxygen atoms in total. The molecule has 0 spiro atoms. The number of nitrogens with two attached hydrogens (primary N) is 1. The van der Waals surface area contributed by atoms with Crippen LogP contribution >= 0.6 is 0 Å². The molecule has 0 bridgehead atoms. The van der Waals surface area contributed by atoms with Gasteiger partial charge in [-0.25, -0.2) is 9.97 Å². The summed E-state index contributed by atoms with van der Waals surface area (Å²) in [5, 5.41) is 7.35. The van der Waals surface area contributed by atoms with E-state index in [0.717, 1.165) is 5.69 Å². The SMILES string of the molecule is CC(C)c1cc(NC(=O)C(C)C(C)N)n(-c2ncccn2)n1. The average Bonchev–Trinajstić information content (AvgIpc) is 2.91. The summed E-state index contributed by atoms with van der Waals surface area (Å²) in [6, 6.07) is 3.34. The Morgan fingerprint density at radius 2 is 1.86 bits per heavy atom. The molecule has 118 valence electrons. The van der Waals surface area contributed by atoms with Crippen LogP contribution in [0.1, 0.15) is 39.3 Å². The average molecular weight is 302 g/mol. The predicted octanol–water partition coefficient (Wildman–Crippen LogP) is 1.71. The van der Waals surface area contributed by atoms with E-state index in [2.05, 4.69) is 20.4 Å². The largest absolute Gasteiger partial charge is 0.327 e. The van der Waals surface area contributed by atoms with Gasteiger partial charge in [0.25, 0.3) is 5.95 Å². The highest BCUT2D eigenvalue weighted by Crippen LogP contribution is 2.21. The van der Waals surface area contributed by atoms with Gasteiger partial charge in [-0.05, 0) is 18.9 Å². The van der Waals surface area contributed by atoms with Crippen molar-refractivity contribution < 1.29 is 4.79 Å². The summed E-state index contributed by atoms with van der Waals surface area (Å²) in [7, 11) is 0. The van der Waals surface area contributed by atoms with E-state index in [1.165, 1.54) is 0 Å². The van der Waals surface area contributed by atoms with Gasteiger partial charge >= 0.3 is 0 Å². The molecule has 0 fully saturated rings. The second-order valence-corrected chi connectivity index (χ2v) is 5.71. The first-order valence-corrected chi connectivity index (χ1v) is 7.34. The highest BCUT2D eigenvalue weighted by molar-refractivity contribution is 5.92. The fourth-order valence-corrected chi connectivity index (χ4v) is 1.80. The molecule has 0 aromatic carbocycles. The molecule has 2 aromatic rings. The smallest absolute Gasteiger partial charge is 0.252 e. The molecule has 2 heterocycles. The lowest BCUT2D eigenvalue weighted by Crippen LogP contribution is -2.34. The topological polar surface area (TPSA) is 98.7 Å². The molecule has 0 aliphatic rings. The maximum atomic E-state index is 12.2. The third kappa shape index (κ3) is 3.48. The zero-order valence-electron chi connectivity index (χ0n) is 13.3. The number of nitrogens with one attached hydrogen (secondary N) is 1. The molecule has 22 heavy (non-hydrogen) atoms. The zero-order valence-corrected chi connectivity index (χ0v) is 13.3. The van der Waals surface area contributed by atoms with E-state index < -0.39 is 0 Å². The van der Waals surface area contributed by atoms with Gasteiger partial charge in [-0.2, -0.15) is 9.78 Å². The fourth-order valence-electron chi connectivity index (χ4n) is 1.80. The molecule has 1 amide bonds. The van der Waals surface area contributed by atoms with Gasteiger partial charge in [-0.15, -0.1) is 0 Å². The van der Waals surface area contributed by atoms with Gasteiger partial charge in [0.15, 0.2) is 0 Å². The number of carbonyl (C=O) groups is 1. The minimum absolute atomic E-state index is 0.151. The van der Waals surface area contributed by atoms with Gasteiger partial charge in [0.2, 0.25) is 5.91 Å². The summed E-state index contributed by atoms with van der Waals surface area (Å²) in [6.07, 6.45) is 3.27. The third-order valence-corrected chi connectivity index (χ3v) is 3.51. The number of aromatic nitrogens is 4. The molecule has 0 aliphatic carbocycles. The Balaban J connectivity index is 2.36. The lowest BCUT2D eigenvalue weighted by Gasteiger charge is -2.15. The lowest BCUT2D eigenvalue weighted by molar-refractivity contribution is -0.119.